The van der Waals surface area contributed by atoms with Gasteiger partial charge in [-0.05, 0) is 23.9 Å². The Balaban J connectivity index is 1.37. The molecule has 8 nitrogen and oxygen atoms in total. The predicted molar refractivity (Wildman–Crippen MR) is 87.5 cm³/mol. The van der Waals surface area contributed by atoms with Gasteiger partial charge in [0.25, 0.3) is 0 Å². The van der Waals surface area contributed by atoms with E-state index in [0.717, 1.165) is 50.1 Å². The van der Waals surface area contributed by atoms with Crippen molar-refractivity contribution in [2.45, 2.75) is 22.8 Å². The van der Waals surface area contributed by atoms with Crippen molar-refractivity contribution in [2.24, 2.45) is 0 Å². The van der Waals surface area contributed by atoms with Crippen LogP contribution in [0.1, 0.15) is 5.76 Å². The van der Waals surface area contributed by atoms with Gasteiger partial charge in [-0.2, -0.15) is 5.10 Å². The van der Waals surface area contributed by atoms with Crippen LogP contribution in [0.15, 0.2) is 33.1 Å². The first-order valence-corrected chi connectivity index (χ1v) is 8.84. The third-order valence-corrected chi connectivity index (χ3v) is 5.38. The molecule has 1 amide bonds. The van der Waals surface area contributed by atoms with Gasteiger partial charge in [-0.15, -0.1) is 0 Å². The molecule has 2 fully saturated rings. The van der Waals surface area contributed by atoms with E-state index in [1.54, 1.807) is 0 Å². The van der Waals surface area contributed by atoms with E-state index in [0.29, 0.717) is 5.16 Å². The van der Waals surface area contributed by atoms with Gasteiger partial charge in [-0.25, -0.2) is 4.98 Å². The second-order valence-corrected chi connectivity index (χ2v) is 7.15. The number of amides is 1. The summed E-state index contributed by atoms with van der Waals surface area (Å²) in [7, 11) is 1.89. The number of H-pyrrole nitrogens is 1. The molecule has 0 spiro atoms. The number of carbonyl (C=O) groups excluding carboxylic acids is 1. The highest BCUT2D eigenvalue weighted by Crippen LogP contribution is 2.27. The third-order valence-electron chi connectivity index (χ3n) is 4.57. The molecule has 0 saturated carbocycles. The first-order valence-electron chi connectivity index (χ1n) is 8.02. The average molecular weight is 348 g/mol. The minimum Gasteiger partial charge on any atom is -0.453 e. The van der Waals surface area contributed by atoms with E-state index in [4.69, 9.17) is 4.42 Å². The molecule has 2 aliphatic heterocycles. The molecule has 4 rings (SSSR count). The highest BCUT2D eigenvalue weighted by atomic mass is 32.2. The van der Waals surface area contributed by atoms with Gasteiger partial charge >= 0.3 is 0 Å². The summed E-state index contributed by atoms with van der Waals surface area (Å²) in [5.41, 5.74) is 0. The summed E-state index contributed by atoms with van der Waals surface area (Å²) in [6.07, 6.45) is 1.48. The van der Waals surface area contributed by atoms with Gasteiger partial charge in [-0.3, -0.25) is 19.7 Å². The second-order valence-electron chi connectivity index (χ2n) is 6.16. The SMILES string of the molecule is CN1CCN2CCN(Cc3ccc(Sc4ncn[nH]4)o3)C[C@@H]2C1=O. The number of nitrogens with zero attached hydrogens (tertiary/aromatic N) is 5. The molecule has 2 aliphatic rings. The number of furan rings is 1. The van der Waals surface area contributed by atoms with Crippen molar-refractivity contribution in [2.75, 3.05) is 39.8 Å². The maximum absolute atomic E-state index is 12.4. The topological polar surface area (TPSA) is 81.5 Å². The van der Waals surface area contributed by atoms with Gasteiger partial charge in [-0.1, -0.05) is 0 Å². The van der Waals surface area contributed by atoms with Crippen LogP contribution in [0.4, 0.5) is 0 Å². The van der Waals surface area contributed by atoms with Crippen LogP contribution in [-0.4, -0.2) is 81.6 Å². The predicted octanol–water partition coefficient (Wildman–Crippen LogP) is 0.507. The number of hydrogen-bond acceptors (Lipinski definition) is 7. The summed E-state index contributed by atoms with van der Waals surface area (Å²) >= 11 is 1.41. The fraction of sp³-hybridized carbons (Fsp3) is 0.533. The Morgan fingerprint density at radius 1 is 1.33 bits per heavy atom. The Hall–Kier alpha value is -1.84. The number of rotatable bonds is 4. The molecule has 2 aromatic rings. The minimum atomic E-state index is -0.0181. The smallest absolute Gasteiger partial charge is 0.241 e. The zero-order chi connectivity index (χ0) is 16.5. The number of aromatic nitrogens is 3. The van der Waals surface area contributed by atoms with Crippen LogP contribution in [0.5, 0.6) is 0 Å². The van der Waals surface area contributed by atoms with Gasteiger partial charge in [0.2, 0.25) is 5.91 Å². The summed E-state index contributed by atoms with van der Waals surface area (Å²) in [5, 5.41) is 8.12. The number of hydrogen-bond donors (Lipinski definition) is 1. The highest BCUT2D eigenvalue weighted by Gasteiger charge is 2.37. The third kappa shape index (κ3) is 3.19. The lowest BCUT2D eigenvalue weighted by molar-refractivity contribution is -0.143. The average Bonchev–Trinajstić information content (AvgIpc) is 3.24. The Morgan fingerprint density at radius 3 is 3.04 bits per heavy atom. The Bertz CT molecular complexity index is 703. The zero-order valence-corrected chi connectivity index (χ0v) is 14.3. The van der Waals surface area contributed by atoms with Crippen molar-refractivity contribution in [1.82, 2.24) is 29.9 Å². The zero-order valence-electron chi connectivity index (χ0n) is 13.5. The Labute approximate surface area is 144 Å². The number of carbonyl (C=O) groups is 1. The quantitative estimate of drug-likeness (QED) is 0.862. The fourth-order valence-electron chi connectivity index (χ4n) is 3.22. The lowest BCUT2D eigenvalue weighted by Crippen LogP contribution is -2.63. The van der Waals surface area contributed by atoms with Crippen molar-refractivity contribution in [1.29, 1.82) is 0 Å². The number of nitrogens with one attached hydrogen (secondary N) is 1. The number of fused-ring (bicyclic) bond motifs is 1. The molecule has 9 heteroatoms. The van der Waals surface area contributed by atoms with Crippen LogP contribution < -0.4 is 0 Å². The van der Waals surface area contributed by atoms with E-state index >= 15 is 0 Å². The second kappa shape index (κ2) is 6.58. The highest BCUT2D eigenvalue weighted by molar-refractivity contribution is 7.99. The molecule has 2 saturated heterocycles. The van der Waals surface area contributed by atoms with Crippen molar-refractivity contribution in [3.63, 3.8) is 0 Å². The molecule has 4 heterocycles. The number of piperazine rings is 2. The summed E-state index contributed by atoms with van der Waals surface area (Å²) in [6.45, 7) is 5.17. The molecule has 0 radical (unpaired) electrons. The molecule has 2 aromatic heterocycles. The van der Waals surface area contributed by atoms with Gasteiger partial charge in [0.05, 0.1) is 6.54 Å². The van der Waals surface area contributed by atoms with Gasteiger partial charge in [0.1, 0.15) is 18.1 Å². The van der Waals surface area contributed by atoms with Gasteiger partial charge in [0.15, 0.2) is 10.2 Å². The van der Waals surface area contributed by atoms with Crippen molar-refractivity contribution >= 4 is 17.7 Å². The monoisotopic (exact) mass is 348 g/mol. The van der Waals surface area contributed by atoms with E-state index in [-0.39, 0.29) is 11.9 Å². The summed E-state index contributed by atoms with van der Waals surface area (Å²) in [6, 6.07) is 3.91. The van der Waals surface area contributed by atoms with E-state index in [1.165, 1.54) is 18.1 Å². The molecular weight excluding hydrogens is 328 g/mol. The number of aromatic amines is 1. The lowest BCUT2D eigenvalue weighted by Gasteiger charge is -2.45. The summed E-state index contributed by atoms with van der Waals surface area (Å²) in [4.78, 5) is 22.9. The number of likely N-dealkylation sites (N-methyl/N-ethyl adjacent to an activating group) is 1. The van der Waals surface area contributed by atoms with Crippen LogP contribution in [0.25, 0.3) is 0 Å². The first kappa shape index (κ1) is 15.7. The van der Waals surface area contributed by atoms with Crippen molar-refractivity contribution in [3.8, 4) is 0 Å². The summed E-state index contributed by atoms with van der Waals surface area (Å²) in [5.74, 6) is 1.13. The van der Waals surface area contributed by atoms with Crippen LogP contribution in [0.3, 0.4) is 0 Å². The van der Waals surface area contributed by atoms with Crippen LogP contribution in [0, 0.1) is 0 Å². The van der Waals surface area contributed by atoms with E-state index in [2.05, 4.69) is 25.0 Å². The summed E-state index contributed by atoms with van der Waals surface area (Å²) < 4.78 is 5.87. The fourth-order valence-corrected chi connectivity index (χ4v) is 3.90. The van der Waals surface area contributed by atoms with E-state index < -0.39 is 0 Å². The Morgan fingerprint density at radius 2 is 2.21 bits per heavy atom. The molecule has 1 N–H and O–H groups in total. The molecule has 128 valence electrons. The van der Waals surface area contributed by atoms with E-state index in [9.17, 15) is 4.79 Å². The van der Waals surface area contributed by atoms with Crippen molar-refractivity contribution in [3.05, 3.63) is 24.2 Å². The molecule has 0 bridgehead atoms. The largest absolute Gasteiger partial charge is 0.453 e. The maximum atomic E-state index is 12.4. The van der Waals surface area contributed by atoms with E-state index in [1.807, 2.05) is 24.1 Å². The first-order chi connectivity index (χ1) is 11.7. The van der Waals surface area contributed by atoms with Gasteiger partial charge in [0, 0.05) is 39.8 Å². The minimum absolute atomic E-state index is 0.0181. The standard InChI is InChI=1S/C15H20N6O2S/c1-19-4-6-21-7-5-20(9-12(21)14(19)22)8-11-2-3-13(23-11)24-15-16-10-17-18-15/h2-3,10,12H,4-9H2,1H3,(H,16,17,18)/t12-/m1/s1. The normalized spacial score (nSPS) is 22.8. The lowest BCUT2D eigenvalue weighted by atomic mass is 10.1. The van der Waals surface area contributed by atoms with Gasteiger partial charge < -0.3 is 9.32 Å². The van der Waals surface area contributed by atoms with Crippen LogP contribution in [0.2, 0.25) is 0 Å². The molecule has 24 heavy (non-hydrogen) atoms. The van der Waals surface area contributed by atoms with Crippen LogP contribution in [-0.2, 0) is 11.3 Å². The molecular formula is C15H20N6O2S. The van der Waals surface area contributed by atoms with Crippen LogP contribution >= 0.6 is 11.8 Å². The molecule has 1 atom stereocenters. The molecule has 0 aromatic carbocycles. The van der Waals surface area contributed by atoms with Crippen molar-refractivity contribution < 1.29 is 9.21 Å². The molecule has 0 aliphatic carbocycles. The molecule has 0 unspecified atom stereocenters. The Kier molecular flexibility index (Phi) is 4.30. The maximum Gasteiger partial charge on any atom is 0.241 e.